The minimum atomic E-state index is -0.277. The van der Waals surface area contributed by atoms with Crippen LogP contribution in [0.4, 0.5) is 5.13 Å². The van der Waals surface area contributed by atoms with Crippen molar-refractivity contribution in [1.82, 2.24) is 15.5 Å². The number of benzene rings is 1. The molecule has 1 unspecified atom stereocenters. The molecule has 0 bridgehead atoms. The van der Waals surface area contributed by atoms with Gasteiger partial charge in [-0.1, -0.05) is 43.4 Å². The summed E-state index contributed by atoms with van der Waals surface area (Å²) in [5.41, 5.74) is 0.576. The number of rotatable bonds is 7. The second kappa shape index (κ2) is 8.54. The van der Waals surface area contributed by atoms with E-state index >= 15 is 0 Å². The zero-order valence-corrected chi connectivity index (χ0v) is 14.9. The van der Waals surface area contributed by atoms with Gasteiger partial charge in [-0.25, -0.2) is 0 Å². The molecule has 2 rings (SSSR count). The molecule has 24 heavy (non-hydrogen) atoms. The molecule has 2 amide bonds. The summed E-state index contributed by atoms with van der Waals surface area (Å²) in [5.74, 6) is 0.115. The van der Waals surface area contributed by atoms with E-state index in [1.807, 2.05) is 6.07 Å². The zero-order valence-electron chi connectivity index (χ0n) is 14.1. The first-order valence-corrected chi connectivity index (χ1v) is 8.74. The van der Waals surface area contributed by atoms with Gasteiger partial charge in [-0.3, -0.25) is 9.59 Å². The van der Waals surface area contributed by atoms with Crippen molar-refractivity contribution in [2.45, 2.75) is 39.7 Å². The van der Waals surface area contributed by atoms with Crippen molar-refractivity contribution in [2.75, 3.05) is 5.32 Å². The van der Waals surface area contributed by atoms with Crippen LogP contribution in [0.25, 0.3) is 0 Å². The lowest BCUT2D eigenvalue weighted by Crippen LogP contribution is -2.35. The summed E-state index contributed by atoms with van der Waals surface area (Å²) < 4.78 is 0. The van der Waals surface area contributed by atoms with Crippen LogP contribution >= 0.6 is 11.3 Å². The lowest BCUT2D eigenvalue weighted by atomic mass is 10.1. The average molecular weight is 346 g/mol. The van der Waals surface area contributed by atoms with Gasteiger partial charge < -0.3 is 10.6 Å². The monoisotopic (exact) mass is 346 g/mol. The molecule has 2 N–H and O–H groups in total. The molecule has 2 aromatic rings. The number of nitrogens with zero attached hydrogens (tertiary/aromatic N) is 2. The Kier molecular flexibility index (Phi) is 6.43. The van der Waals surface area contributed by atoms with Crippen LogP contribution in [0, 0.1) is 5.92 Å². The highest BCUT2D eigenvalue weighted by Gasteiger charge is 2.15. The molecule has 1 atom stereocenters. The molecule has 0 saturated heterocycles. The van der Waals surface area contributed by atoms with Gasteiger partial charge in [0.25, 0.3) is 5.91 Å². The molecule has 0 radical (unpaired) electrons. The first-order valence-electron chi connectivity index (χ1n) is 7.92. The van der Waals surface area contributed by atoms with E-state index in [2.05, 4.69) is 34.7 Å². The number of nitrogens with one attached hydrogen (secondary N) is 2. The number of carbonyl (C=O) groups is 2. The maximum atomic E-state index is 12.0. The molecule has 0 aliphatic rings. The molecule has 0 aliphatic carbocycles. The highest BCUT2D eigenvalue weighted by atomic mass is 32.1. The van der Waals surface area contributed by atoms with Crippen molar-refractivity contribution in [3.8, 4) is 0 Å². The molecule has 1 aromatic carbocycles. The molecule has 0 saturated carbocycles. The normalized spacial score (nSPS) is 12.0. The third-order valence-electron chi connectivity index (χ3n) is 3.20. The zero-order chi connectivity index (χ0) is 17.5. The van der Waals surface area contributed by atoms with Crippen molar-refractivity contribution in [3.63, 3.8) is 0 Å². The van der Waals surface area contributed by atoms with Crippen LogP contribution in [-0.4, -0.2) is 28.1 Å². The molecular formula is C17H22N4O2S. The predicted octanol–water partition coefficient (Wildman–Crippen LogP) is 2.88. The van der Waals surface area contributed by atoms with Crippen LogP contribution in [-0.2, 0) is 11.2 Å². The van der Waals surface area contributed by atoms with Gasteiger partial charge in [0, 0.05) is 24.4 Å². The van der Waals surface area contributed by atoms with Crippen molar-refractivity contribution >= 4 is 28.3 Å². The molecule has 1 aromatic heterocycles. The number of hydrogen-bond donors (Lipinski definition) is 2. The summed E-state index contributed by atoms with van der Waals surface area (Å²) in [7, 11) is 0. The van der Waals surface area contributed by atoms with Gasteiger partial charge in [0.2, 0.25) is 11.0 Å². The van der Waals surface area contributed by atoms with Crippen LogP contribution in [0.3, 0.4) is 0 Å². The van der Waals surface area contributed by atoms with E-state index in [0.717, 1.165) is 11.4 Å². The summed E-state index contributed by atoms with van der Waals surface area (Å²) in [6.07, 6.45) is 1.02. The van der Waals surface area contributed by atoms with E-state index in [4.69, 9.17) is 0 Å². The lowest BCUT2D eigenvalue weighted by molar-refractivity contribution is -0.116. The minimum absolute atomic E-state index is 0.178. The van der Waals surface area contributed by atoms with E-state index < -0.39 is 0 Å². The van der Waals surface area contributed by atoms with Gasteiger partial charge in [-0.2, -0.15) is 0 Å². The van der Waals surface area contributed by atoms with E-state index in [1.165, 1.54) is 11.3 Å². The highest BCUT2D eigenvalue weighted by molar-refractivity contribution is 7.15. The maximum Gasteiger partial charge on any atom is 0.251 e. The smallest absolute Gasteiger partial charge is 0.251 e. The van der Waals surface area contributed by atoms with Gasteiger partial charge in [0.1, 0.15) is 5.01 Å². The molecule has 128 valence electrons. The van der Waals surface area contributed by atoms with Gasteiger partial charge in [0.05, 0.1) is 0 Å². The van der Waals surface area contributed by atoms with Crippen LogP contribution in [0.15, 0.2) is 30.3 Å². The predicted molar refractivity (Wildman–Crippen MR) is 95.1 cm³/mol. The summed E-state index contributed by atoms with van der Waals surface area (Å²) in [4.78, 5) is 24.1. The Morgan fingerprint density at radius 1 is 1.12 bits per heavy atom. The molecule has 0 spiro atoms. The van der Waals surface area contributed by atoms with Crippen LogP contribution in [0.2, 0.25) is 0 Å². The van der Waals surface area contributed by atoms with E-state index in [1.54, 1.807) is 31.2 Å². The first kappa shape index (κ1) is 18.1. The SMILES string of the molecule is CC(C)Cc1nnc(NC(=O)CC(C)NC(=O)c2ccccc2)s1. The van der Waals surface area contributed by atoms with Gasteiger partial charge in [-0.15, -0.1) is 10.2 Å². The fraction of sp³-hybridized carbons (Fsp3) is 0.412. The standard InChI is InChI=1S/C17H22N4O2S/c1-11(2)9-15-20-21-17(24-15)19-14(22)10-12(3)18-16(23)13-7-5-4-6-8-13/h4-8,11-12H,9-10H2,1-3H3,(H,18,23)(H,19,21,22). The molecule has 7 heteroatoms. The summed E-state index contributed by atoms with van der Waals surface area (Å²) in [6, 6.07) is 8.65. The van der Waals surface area contributed by atoms with E-state index in [0.29, 0.717) is 16.6 Å². The number of aromatic nitrogens is 2. The van der Waals surface area contributed by atoms with Crippen LogP contribution < -0.4 is 10.6 Å². The Bertz CT molecular complexity index is 685. The Labute approximate surface area is 145 Å². The highest BCUT2D eigenvalue weighted by Crippen LogP contribution is 2.18. The fourth-order valence-corrected chi connectivity index (χ4v) is 3.10. The summed E-state index contributed by atoms with van der Waals surface area (Å²) in [5, 5.41) is 15.0. The van der Waals surface area contributed by atoms with E-state index in [9.17, 15) is 9.59 Å². The Morgan fingerprint density at radius 3 is 2.50 bits per heavy atom. The second-order valence-electron chi connectivity index (χ2n) is 6.09. The van der Waals surface area contributed by atoms with Crippen molar-refractivity contribution in [2.24, 2.45) is 5.92 Å². The number of carbonyl (C=O) groups excluding carboxylic acids is 2. The molecule has 0 fully saturated rings. The quantitative estimate of drug-likeness (QED) is 0.807. The third-order valence-corrected chi connectivity index (χ3v) is 4.06. The van der Waals surface area contributed by atoms with E-state index in [-0.39, 0.29) is 24.3 Å². The van der Waals surface area contributed by atoms with Gasteiger partial charge in [-0.05, 0) is 25.0 Å². The summed E-state index contributed by atoms with van der Waals surface area (Å²) in [6.45, 7) is 6.01. The van der Waals surface area contributed by atoms with Crippen molar-refractivity contribution in [1.29, 1.82) is 0 Å². The summed E-state index contributed by atoms with van der Waals surface area (Å²) >= 11 is 1.39. The lowest BCUT2D eigenvalue weighted by Gasteiger charge is -2.13. The average Bonchev–Trinajstić information content (AvgIpc) is 2.93. The maximum absolute atomic E-state index is 12.0. The fourth-order valence-electron chi connectivity index (χ4n) is 2.13. The Balaban J connectivity index is 1.81. The minimum Gasteiger partial charge on any atom is -0.349 e. The van der Waals surface area contributed by atoms with Crippen LogP contribution in [0.5, 0.6) is 0 Å². The molecular weight excluding hydrogens is 324 g/mol. The number of anilines is 1. The Morgan fingerprint density at radius 2 is 1.83 bits per heavy atom. The molecule has 6 nitrogen and oxygen atoms in total. The Hall–Kier alpha value is -2.28. The second-order valence-corrected chi connectivity index (χ2v) is 7.15. The molecule has 0 aliphatic heterocycles. The van der Waals surface area contributed by atoms with Crippen molar-refractivity contribution < 1.29 is 9.59 Å². The van der Waals surface area contributed by atoms with Gasteiger partial charge in [0.15, 0.2) is 0 Å². The molecule has 1 heterocycles. The first-order chi connectivity index (χ1) is 11.4. The largest absolute Gasteiger partial charge is 0.349 e. The third kappa shape index (κ3) is 5.73. The number of hydrogen-bond acceptors (Lipinski definition) is 5. The number of amides is 2. The van der Waals surface area contributed by atoms with Gasteiger partial charge >= 0.3 is 0 Å². The van der Waals surface area contributed by atoms with Crippen molar-refractivity contribution in [3.05, 3.63) is 40.9 Å². The van der Waals surface area contributed by atoms with Crippen LogP contribution in [0.1, 0.15) is 42.6 Å². The topological polar surface area (TPSA) is 84.0 Å².